The van der Waals surface area contributed by atoms with Gasteiger partial charge in [-0.05, 0) is 48.9 Å². The standard InChI is InChI=1S/C20H16ClFN4O/c1-2-25-12-23-18-19(25)24-17(11-13-3-7-15(22)8-4-13)26(20(18)27)16-9-5-14(21)6-10-16/h3-10,12H,2,11H2,1H3. The van der Waals surface area contributed by atoms with Crippen molar-refractivity contribution in [3.8, 4) is 5.69 Å². The van der Waals surface area contributed by atoms with Gasteiger partial charge in [0.15, 0.2) is 11.2 Å². The first-order valence-corrected chi connectivity index (χ1v) is 8.91. The van der Waals surface area contributed by atoms with Gasteiger partial charge in [0.1, 0.15) is 11.6 Å². The predicted molar refractivity (Wildman–Crippen MR) is 103 cm³/mol. The molecule has 0 spiro atoms. The Bertz CT molecular complexity index is 1160. The third kappa shape index (κ3) is 3.24. The highest BCUT2D eigenvalue weighted by atomic mass is 35.5. The molecule has 5 nitrogen and oxygen atoms in total. The molecule has 0 amide bonds. The Hall–Kier alpha value is -2.99. The summed E-state index contributed by atoms with van der Waals surface area (Å²) < 4.78 is 16.6. The molecule has 4 aromatic rings. The van der Waals surface area contributed by atoms with E-state index in [9.17, 15) is 9.18 Å². The van der Waals surface area contributed by atoms with Crippen molar-refractivity contribution in [2.75, 3.05) is 0 Å². The van der Waals surface area contributed by atoms with E-state index in [1.54, 1.807) is 42.7 Å². The number of rotatable bonds is 4. The zero-order chi connectivity index (χ0) is 19.0. The highest BCUT2D eigenvalue weighted by Crippen LogP contribution is 2.18. The summed E-state index contributed by atoms with van der Waals surface area (Å²) in [6.07, 6.45) is 2.00. The number of halogens is 2. The summed E-state index contributed by atoms with van der Waals surface area (Å²) in [5.74, 6) is 0.248. The molecule has 2 aromatic carbocycles. The van der Waals surface area contributed by atoms with Crippen molar-refractivity contribution < 1.29 is 4.39 Å². The van der Waals surface area contributed by atoms with Crippen LogP contribution in [0.25, 0.3) is 16.9 Å². The predicted octanol–water partition coefficient (Wildman–Crippen LogP) is 3.99. The summed E-state index contributed by atoms with van der Waals surface area (Å²) in [5, 5.41) is 0.580. The van der Waals surface area contributed by atoms with Gasteiger partial charge in [-0.2, -0.15) is 0 Å². The number of benzene rings is 2. The average Bonchev–Trinajstić information content (AvgIpc) is 3.08. The monoisotopic (exact) mass is 382 g/mol. The normalized spacial score (nSPS) is 11.2. The first-order valence-electron chi connectivity index (χ1n) is 8.54. The lowest BCUT2D eigenvalue weighted by molar-refractivity contribution is 0.627. The van der Waals surface area contributed by atoms with Gasteiger partial charge in [0.05, 0.1) is 12.0 Å². The molecular weight excluding hydrogens is 367 g/mol. The van der Waals surface area contributed by atoms with E-state index in [-0.39, 0.29) is 11.4 Å². The summed E-state index contributed by atoms with van der Waals surface area (Å²) in [7, 11) is 0. The second-order valence-corrected chi connectivity index (χ2v) is 6.59. The summed E-state index contributed by atoms with van der Waals surface area (Å²) in [6, 6.07) is 13.2. The molecular formula is C20H16ClFN4O. The minimum absolute atomic E-state index is 0.244. The van der Waals surface area contributed by atoms with Crippen molar-refractivity contribution in [3.05, 3.63) is 87.4 Å². The molecule has 0 aliphatic rings. The second kappa shape index (κ2) is 6.96. The molecule has 0 radical (unpaired) electrons. The van der Waals surface area contributed by atoms with E-state index in [1.807, 2.05) is 11.5 Å². The van der Waals surface area contributed by atoms with E-state index >= 15 is 0 Å². The fourth-order valence-electron chi connectivity index (χ4n) is 3.03. The number of aryl methyl sites for hydroxylation is 1. The fourth-order valence-corrected chi connectivity index (χ4v) is 3.16. The van der Waals surface area contributed by atoms with Gasteiger partial charge in [-0.1, -0.05) is 23.7 Å². The van der Waals surface area contributed by atoms with Crippen LogP contribution in [-0.4, -0.2) is 19.1 Å². The van der Waals surface area contributed by atoms with E-state index in [2.05, 4.69) is 4.98 Å². The van der Waals surface area contributed by atoms with Gasteiger partial charge in [0.2, 0.25) is 0 Å². The molecule has 0 saturated heterocycles. The van der Waals surface area contributed by atoms with Crippen molar-refractivity contribution in [1.29, 1.82) is 0 Å². The third-order valence-corrected chi connectivity index (χ3v) is 4.66. The van der Waals surface area contributed by atoms with Crippen molar-refractivity contribution in [3.63, 3.8) is 0 Å². The number of hydrogen-bond acceptors (Lipinski definition) is 3. The Morgan fingerprint density at radius 2 is 1.78 bits per heavy atom. The van der Waals surface area contributed by atoms with Gasteiger partial charge < -0.3 is 4.57 Å². The molecule has 0 fully saturated rings. The molecule has 7 heteroatoms. The van der Waals surface area contributed by atoms with Crippen molar-refractivity contribution >= 4 is 22.8 Å². The SMILES string of the molecule is CCn1cnc2c(=O)n(-c3ccc(Cl)cc3)c(Cc3ccc(F)cc3)nc21. The second-order valence-electron chi connectivity index (χ2n) is 6.15. The van der Waals surface area contributed by atoms with E-state index in [0.717, 1.165) is 5.56 Å². The lowest BCUT2D eigenvalue weighted by atomic mass is 10.1. The Balaban J connectivity index is 1.95. The third-order valence-electron chi connectivity index (χ3n) is 4.41. The van der Waals surface area contributed by atoms with Crippen LogP contribution in [0, 0.1) is 5.82 Å². The van der Waals surface area contributed by atoms with E-state index in [1.165, 1.54) is 16.7 Å². The summed E-state index contributed by atoms with van der Waals surface area (Å²) in [5.41, 5.74) is 2.13. The molecule has 4 rings (SSSR count). The van der Waals surface area contributed by atoms with E-state index < -0.39 is 0 Å². The number of fused-ring (bicyclic) bond motifs is 1. The fraction of sp³-hybridized carbons (Fsp3) is 0.150. The highest BCUT2D eigenvalue weighted by Gasteiger charge is 2.17. The highest BCUT2D eigenvalue weighted by molar-refractivity contribution is 6.30. The smallest absolute Gasteiger partial charge is 0.286 e. The van der Waals surface area contributed by atoms with Crippen LogP contribution in [-0.2, 0) is 13.0 Å². The quantitative estimate of drug-likeness (QED) is 0.536. The van der Waals surface area contributed by atoms with Crippen LogP contribution in [0.2, 0.25) is 5.02 Å². The van der Waals surface area contributed by atoms with Crippen LogP contribution in [0.1, 0.15) is 18.3 Å². The molecule has 27 heavy (non-hydrogen) atoms. The lowest BCUT2D eigenvalue weighted by Crippen LogP contribution is -2.24. The van der Waals surface area contributed by atoms with Crippen molar-refractivity contribution in [2.45, 2.75) is 19.9 Å². The Kier molecular flexibility index (Phi) is 4.49. The van der Waals surface area contributed by atoms with Gasteiger partial charge in [-0.25, -0.2) is 14.4 Å². The summed E-state index contributed by atoms with van der Waals surface area (Å²) >= 11 is 5.99. The minimum Gasteiger partial charge on any atom is -0.315 e. The largest absolute Gasteiger partial charge is 0.315 e. The number of nitrogens with zero attached hydrogens (tertiary/aromatic N) is 4. The molecule has 0 aliphatic carbocycles. The molecule has 0 saturated carbocycles. The van der Waals surface area contributed by atoms with Gasteiger partial charge in [0, 0.05) is 18.0 Å². The maximum absolute atomic E-state index is 13.2. The first kappa shape index (κ1) is 17.4. The van der Waals surface area contributed by atoms with E-state index in [4.69, 9.17) is 16.6 Å². The molecule has 136 valence electrons. The van der Waals surface area contributed by atoms with Crippen molar-refractivity contribution in [2.24, 2.45) is 0 Å². The number of aromatic nitrogens is 4. The van der Waals surface area contributed by atoms with Crippen LogP contribution in [0.4, 0.5) is 4.39 Å². The molecule has 2 aromatic heterocycles. The van der Waals surface area contributed by atoms with Gasteiger partial charge >= 0.3 is 0 Å². The lowest BCUT2D eigenvalue weighted by Gasteiger charge is -2.13. The Labute approximate surface area is 159 Å². The van der Waals surface area contributed by atoms with Crippen molar-refractivity contribution in [1.82, 2.24) is 19.1 Å². The molecule has 0 bridgehead atoms. The van der Waals surface area contributed by atoms with Crippen LogP contribution >= 0.6 is 11.6 Å². The molecule has 0 N–H and O–H groups in total. The molecule has 0 atom stereocenters. The molecule has 0 unspecified atom stereocenters. The molecule has 2 heterocycles. The zero-order valence-corrected chi connectivity index (χ0v) is 15.3. The number of hydrogen-bond donors (Lipinski definition) is 0. The summed E-state index contributed by atoms with van der Waals surface area (Å²) in [6.45, 7) is 2.62. The Morgan fingerprint density at radius 1 is 1.07 bits per heavy atom. The first-order chi connectivity index (χ1) is 13.1. The van der Waals surface area contributed by atoms with Gasteiger partial charge in [0.25, 0.3) is 5.56 Å². The Morgan fingerprint density at radius 3 is 2.44 bits per heavy atom. The zero-order valence-electron chi connectivity index (χ0n) is 14.6. The maximum atomic E-state index is 13.2. The van der Waals surface area contributed by atoms with Gasteiger partial charge in [-0.15, -0.1) is 0 Å². The van der Waals surface area contributed by atoms with Crippen LogP contribution < -0.4 is 5.56 Å². The van der Waals surface area contributed by atoms with Crippen LogP contribution in [0.3, 0.4) is 0 Å². The number of imidazole rings is 1. The van der Waals surface area contributed by atoms with Crippen LogP contribution in [0.15, 0.2) is 59.7 Å². The molecule has 0 aliphatic heterocycles. The minimum atomic E-state index is -0.304. The average molecular weight is 383 g/mol. The van der Waals surface area contributed by atoms with Gasteiger partial charge in [-0.3, -0.25) is 9.36 Å². The summed E-state index contributed by atoms with van der Waals surface area (Å²) in [4.78, 5) is 22.1. The van der Waals surface area contributed by atoms with Crippen LogP contribution in [0.5, 0.6) is 0 Å². The topological polar surface area (TPSA) is 52.7 Å². The maximum Gasteiger partial charge on any atom is 0.286 e. The van der Waals surface area contributed by atoms with E-state index in [0.29, 0.717) is 40.7 Å².